The van der Waals surface area contributed by atoms with Gasteiger partial charge in [0.15, 0.2) is 6.10 Å². The van der Waals surface area contributed by atoms with Gasteiger partial charge in [-0.1, -0.05) is 217 Å². The Morgan fingerprint density at radius 2 is 0.656 bits per heavy atom. The van der Waals surface area contributed by atoms with Crippen LogP contribution in [0.2, 0.25) is 0 Å². The topological polar surface area (TPSA) is 61.8 Å². The zero-order valence-electron chi connectivity index (χ0n) is 40.7. The van der Waals surface area contributed by atoms with Crippen molar-refractivity contribution in [3.05, 3.63) is 158 Å². The zero-order chi connectivity index (χ0) is 46.3. The zero-order valence-corrected chi connectivity index (χ0v) is 40.7. The van der Waals surface area contributed by atoms with Crippen LogP contribution in [0.3, 0.4) is 0 Å². The lowest BCUT2D eigenvalue weighted by Crippen LogP contribution is -2.29. The summed E-state index contributed by atoms with van der Waals surface area (Å²) in [6, 6.07) is 0. The minimum atomic E-state index is -0.646. The van der Waals surface area contributed by atoms with Crippen LogP contribution in [0.4, 0.5) is 0 Å². The summed E-state index contributed by atoms with van der Waals surface area (Å²) >= 11 is 0. The summed E-state index contributed by atoms with van der Waals surface area (Å²) in [5, 5.41) is 0. The molecular formula is C59H90O5. The van der Waals surface area contributed by atoms with Gasteiger partial charge in [0.25, 0.3) is 0 Å². The van der Waals surface area contributed by atoms with Gasteiger partial charge in [0.1, 0.15) is 6.61 Å². The predicted octanol–water partition coefficient (Wildman–Crippen LogP) is 17.1. The Balaban J connectivity index is 4.55. The molecule has 0 aromatic heterocycles. The largest absolute Gasteiger partial charge is 0.461 e. The number of hydrogen-bond acceptors (Lipinski definition) is 5. The van der Waals surface area contributed by atoms with Crippen LogP contribution < -0.4 is 0 Å². The highest BCUT2D eigenvalue weighted by Crippen LogP contribution is 2.11. The fourth-order valence-electron chi connectivity index (χ4n) is 6.02. The van der Waals surface area contributed by atoms with E-state index in [4.69, 9.17) is 14.2 Å². The summed E-state index contributed by atoms with van der Waals surface area (Å²) in [6.07, 6.45) is 78.7. The van der Waals surface area contributed by atoms with Gasteiger partial charge in [0.2, 0.25) is 0 Å². The summed E-state index contributed by atoms with van der Waals surface area (Å²) < 4.78 is 17.2. The van der Waals surface area contributed by atoms with Crippen LogP contribution in [0.1, 0.15) is 175 Å². The smallest absolute Gasteiger partial charge is 0.310 e. The highest BCUT2D eigenvalue weighted by Gasteiger charge is 2.17. The summed E-state index contributed by atoms with van der Waals surface area (Å²) in [4.78, 5) is 25.3. The van der Waals surface area contributed by atoms with Gasteiger partial charge in [0.05, 0.1) is 19.4 Å². The minimum absolute atomic E-state index is 0.0231. The van der Waals surface area contributed by atoms with Crippen LogP contribution in [0, 0.1) is 0 Å². The summed E-state index contributed by atoms with van der Waals surface area (Å²) in [6.45, 7) is 7.22. The van der Waals surface area contributed by atoms with Crippen LogP contribution >= 0.6 is 0 Å². The third-order valence-corrected chi connectivity index (χ3v) is 9.61. The van der Waals surface area contributed by atoms with E-state index >= 15 is 0 Å². The average molecular weight is 879 g/mol. The molecule has 0 heterocycles. The summed E-state index contributed by atoms with van der Waals surface area (Å²) in [5.41, 5.74) is 0. The molecule has 0 bridgehead atoms. The second-order valence-electron chi connectivity index (χ2n) is 15.6. The van der Waals surface area contributed by atoms with E-state index in [9.17, 15) is 9.59 Å². The molecule has 0 spiro atoms. The Labute approximate surface area is 393 Å². The number of ether oxygens (including phenoxy) is 3. The van der Waals surface area contributed by atoms with Gasteiger partial charge in [-0.3, -0.25) is 9.59 Å². The van der Waals surface area contributed by atoms with Crippen molar-refractivity contribution in [1.29, 1.82) is 0 Å². The van der Waals surface area contributed by atoms with Crippen molar-refractivity contribution in [3.63, 3.8) is 0 Å². The highest BCUT2D eigenvalue weighted by molar-refractivity contribution is 5.72. The normalized spacial score (nSPS) is 13.6. The first-order valence-corrected chi connectivity index (χ1v) is 25.0. The first-order valence-electron chi connectivity index (χ1n) is 25.0. The van der Waals surface area contributed by atoms with Crippen LogP contribution in [0.25, 0.3) is 0 Å². The number of carbonyl (C=O) groups excluding carboxylic acids is 2. The second-order valence-corrected chi connectivity index (χ2v) is 15.6. The van der Waals surface area contributed by atoms with E-state index in [-0.39, 0.29) is 38.0 Å². The quantitative estimate of drug-likeness (QED) is 0.0347. The molecule has 0 radical (unpaired) electrons. The number of carbonyl (C=O) groups is 2. The number of hydrogen-bond donors (Lipinski definition) is 0. The lowest BCUT2D eigenvalue weighted by atomic mass is 10.1. The fraction of sp³-hybridized carbons (Fsp3) is 0.525. The molecule has 64 heavy (non-hydrogen) atoms. The van der Waals surface area contributed by atoms with Crippen molar-refractivity contribution in [2.75, 3.05) is 19.8 Å². The lowest BCUT2D eigenvalue weighted by Gasteiger charge is -2.18. The molecule has 0 N–H and O–H groups in total. The van der Waals surface area contributed by atoms with Crippen LogP contribution in [-0.4, -0.2) is 37.9 Å². The van der Waals surface area contributed by atoms with E-state index in [1.165, 1.54) is 44.9 Å². The molecule has 0 saturated heterocycles. The third-order valence-electron chi connectivity index (χ3n) is 9.61. The molecule has 0 aromatic carbocycles. The molecular weight excluding hydrogens is 789 g/mol. The van der Waals surface area contributed by atoms with Gasteiger partial charge in [-0.2, -0.15) is 0 Å². The SMILES string of the molecule is CC/C=C\C/C=C\C/C=C\C/C=C\C/C=C\CC(=O)OCC(COCCCCCCCCCC/C=C\C/C=C\C/C=C\CC)OC(=O)C/C=C\C/C=C\C/C=C\C/C=C\C/C=C\CC. The van der Waals surface area contributed by atoms with Crippen LogP contribution in [0.15, 0.2) is 158 Å². The van der Waals surface area contributed by atoms with Crippen molar-refractivity contribution in [2.24, 2.45) is 0 Å². The van der Waals surface area contributed by atoms with Gasteiger partial charge < -0.3 is 14.2 Å². The van der Waals surface area contributed by atoms with Gasteiger partial charge >= 0.3 is 11.9 Å². The standard InChI is InChI=1S/C59H90O5/c1-4-7-10-13-16-19-22-25-28-29-30-33-36-39-42-45-48-51-54-62-55-57(64-59(61)53-50-47-44-41-38-35-32-27-24-21-18-15-12-9-6-3)56-63-58(60)52-49-46-43-40-37-34-31-26-23-20-17-14-11-8-5-2/h7-12,16-21,25-28,31-32,37-38,40-41,46-47,49-50,57H,4-6,13-15,22-24,29-30,33-36,39,42-45,48,51-56H2,1-3H3/b10-7-,11-8-,12-9-,19-16-,20-17-,21-18-,28-25-,31-26-,32-27-,40-37-,41-38-,49-46-,50-47-. The monoisotopic (exact) mass is 879 g/mol. The van der Waals surface area contributed by atoms with Crippen LogP contribution in [-0.2, 0) is 23.8 Å². The van der Waals surface area contributed by atoms with E-state index < -0.39 is 6.10 Å². The molecule has 0 aromatic rings. The molecule has 0 fully saturated rings. The Morgan fingerprint density at radius 1 is 0.344 bits per heavy atom. The van der Waals surface area contributed by atoms with Crippen LogP contribution in [0.5, 0.6) is 0 Å². The fourth-order valence-corrected chi connectivity index (χ4v) is 6.02. The Morgan fingerprint density at radius 3 is 1.05 bits per heavy atom. The first kappa shape index (κ1) is 59.5. The van der Waals surface area contributed by atoms with E-state index in [0.717, 1.165) is 96.3 Å². The molecule has 0 aliphatic heterocycles. The maximum atomic E-state index is 12.7. The number of rotatable bonds is 43. The molecule has 5 heteroatoms. The molecule has 0 saturated carbocycles. The van der Waals surface area contributed by atoms with Crippen molar-refractivity contribution >= 4 is 11.9 Å². The Bertz CT molecular complexity index is 1460. The third kappa shape index (κ3) is 50.2. The van der Waals surface area contributed by atoms with Crippen molar-refractivity contribution in [3.8, 4) is 0 Å². The maximum absolute atomic E-state index is 12.7. The Kier molecular flexibility index (Phi) is 49.2. The average Bonchev–Trinajstić information content (AvgIpc) is 3.30. The van der Waals surface area contributed by atoms with E-state index in [0.29, 0.717) is 6.61 Å². The number of esters is 2. The van der Waals surface area contributed by atoms with Gasteiger partial charge in [0, 0.05) is 6.61 Å². The first-order chi connectivity index (χ1) is 31.6. The molecule has 1 unspecified atom stereocenters. The lowest BCUT2D eigenvalue weighted by molar-refractivity contribution is -0.161. The van der Waals surface area contributed by atoms with Crippen molar-refractivity contribution < 1.29 is 23.8 Å². The van der Waals surface area contributed by atoms with Gasteiger partial charge in [-0.25, -0.2) is 0 Å². The van der Waals surface area contributed by atoms with Gasteiger partial charge in [-0.15, -0.1) is 0 Å². The number of allylic oxidation sites excluding steroid dienone is 24. The minimum Gasteiger partial charge on any atom is -0.461 e. The van der Waals surface area contributed by atoms with Crippen molar-refractivity contribution in [2.45, 2.75) is 181 Å². The van der Waals surface area contributed by atoms with Crippen molar-refractivity contribution in [1.82, 2.24) is 0 Å². The highest BCUT2D eigenvalue weighted by atomic mass is 16.6. The van der Waals surface area contributed by atoms with Gasteiger partial charge in [-0.05, 0) is 103 Å². The summed E-state index contributed by atoms with van der Waals surface area (Å²) in [7, 11) is 0. The maximum Gasteiger partial charge on any atom is 0.310 e. The molecule has 1 atom stereocenters. The molecule has 0 aliphatic carbocycles. The predicted molar refractivity (Wildman–Crippen MR) is 278 cm³/mol. The molecule has 0 amide bonds. The molecule has 5 nitrogen and oxygen atoms in total. The molecule has 356 valence electrons. The molecule has 0 rings (SSSR count). The van der Waals surface area contributed by atoms with E-state index in [1.54, 1.807) is 0 Å². The van der Waals surface area contributed by atoms with E-state index in [2.05, 4.69) is 154 Å². The second kappa shape index (κ2) is 52.9. The summed E-state index contributed by atoms with van der Waals surface area (Å²) in [5.74, 6) is -0.709. The van der Waals surface area contributed by atoms with E-state index in [1.807, 2.05) is 24.3 Å². The molecule has 0 aliphatic rings. The number of unbranched alkanes of at least 4 members (excludes halogenated alkanes) is 8. The Hall–Kier alpha value is -4.48.